The second-order valence-electron chi connectivity index (χ2n) is 6.23. The molecule has 1 aromatic heterocycles. The summed E-state index contributed by atoms with van der Waals surface area (Å²) >= 11 is 0. The zero-order chi connectivity index (χ0) is 18.8. The maximum absolute atomic E-state index is 9.62. The highest BCUT2D eigenvalue weighted by molar-refractivity contribution is 5.97. The van der Waals surface area contributed by atoms with Crippen LogP contribution in [-0.4, -0.2) is 24.3 Å². The molecule has 4 rings (SSSR count). The van der Waals surface area contributed by atoms with Crippen LogP contribution in [0.1, 0.15) is 0 Å². The monoisotopic (exact) mass is 357 g/mol. The van der Waals surface area contributed by atoms with Gasteiger partial charge in [0, 0.05) is 22.6 Å². The van der Waals surface area contributed by atoms with Crippen LogP contribution in [-0.2, 0) is 0 Å². The highest BCUT2D eigenvalue weighted by atomic mass is 16.5. The van der Waals surface area contributed by atoms with Crippen LogP contribution in [0.3, 0.4) is 0 Å². The molecule has 0 saturated heterocycles. The molecule has 4 nitrogen and oxygen atoms in total. The number of aromatic hydroxyl groups is 1. The van der Waals surface area contributed by atoms with Crippen LogP contribution in [0.25, 0.3) is 33.3 Å². The topological polar surface area (TPSA) is 51.6 Å². The molecule has 3 aromatic carbocycles. The minimum atomic E-state index is 0.233. The van der Waals surface area contributed by atoms with Gasteiger partial charge in [-0.2, -0.15) is 0 Å². The Balaban J connectivity index is 1.96. The molecular formula is C23H19NO3. The summed E-state index contributed by atoms with van der Waals surface area (Å²) in [6.45, 7) is 0. The number of rotatable bonds is 4. The quantitative estimate of drug-likeness (QED) is 0.539. The molecule has 0 aliphatic rings. The molecular weight excluding hydrogens is 338 g/mol. The second-order valence-corrected chi connectivity index (χ2v) is 6.23. The van der Waals surface area contributed by atoms with E-state index in [4.69, 9.17) is 14.5 Å². The molecule has 1 N–H and O–H groups in total. The van der Waals surface area contributed by atoms with Crippen LogP contribution in [0.15, 0.2) is 72.8 Å². The van der Waals surface area contributed by atoms with Crippen LogP contribution in [0, 0.1) is 0 Å². The standard InChI is InChI=1S/C23H19NO3/c1-26-19-11-17(12-20(14-19)27-2)22-13-16-5-3-4-6-21(16)23(24-22)15-7-9-18(25)10-8-15/h3-14,25H,1-2H3. The molecule has 4 aromatic rings. The Bertz CT molecular complexity index is 1080. The van der Waals surface area contributed by atoms with Gasteiger partial charge in [0.05, 0.1) is 25.6 Å². The number of hydrogen-bond acceptors (Lipinski definition) is 4. The molecule has 0 bridgehead atoms. The fourth-order valence-electron chi connectivity index (χ4n) is 3.14. The molecule has 0 fully saturated rings. The van der Waals surface area contributed by atoms with Crippen molar-refractivity contribution in [1.82, 2.24) is 4.98 Å². The number of aromatic nitrogens is 1. The summed E-state index contributed by atoms with van der Waals surface area (Å²) in [5.74, 6) is 1.66. The zero-order valence-electron chi connectivity index (χ0n) is 15.1. The van der Waals surface area contributed by atoms with Gasteiger partial charge >= 0.3 is 0 Å². The lowest BCUT2D eigenvalue weighted by Gasteiger charge is -2.12. The van der Waals surface area contributed by atoms with Gasteiger partial charge in [-0.3, -0.25) is 0 Å². The van der Waals surface area contributed by atoms with Crippen molar-refractivity contribution in [2.45, 2.75) is 0 Å². The summed E-state index contributed by atoms with van der Waals surface area (Å²) in [7, 11) is 3.27. The van der Waals surface area contributed by atoms with Crippen molar-refractivity contribution >= 4 is 10.8 Å². The molecule has 4 heteroatoms. The van der Waals surface area contributed by atoms with Crippen LogP contribution in [0.2, 0.25) is 0 Å². The SMILES string of the molecule is COc1cc(OC)cc(-c2cc3ccccc3c(-c3ccc(O)cc3)n2)c1. The number of pyridine rings is 1. The van der Waals surface area contributed by atoms with Crippen LogP contribution < -0.4 is 9.47 Å². The van der Waals surface area contributed by atoms with Crippen molar-refractivity contribution in [1.29, 1.82) is 0 Å². The van der Waals surface area contributed by atoms with E-state index in [1.165, 1.54) is 0 Å². The Hall–Kier alpha value is -3.53. The van der Waals surface area contributed by atoms with Gasteiger partial charge in [0.1, 0.15) is 17.2 Å². The van der Waals surface area contributed by atoms with Crippen molar-refractivity contribution in [2.24, 2.45) is 0 Å². The minimum absolute atomic E-state index is 0.233. The number of benzene rings is 3. The predicted molar refractivity (Wildman–Crippen MR) is 107 cm³/mol. The number of phenols is 1. The fourth-order valence-corrected chi connectivity index (χ4v) is 3.14. The van der Waals surface area contributed by atoms with Gasteiger partial charge in [0.15, 0.2) is 0 Å². The Morgan fingerprint density at radius 1 is 0.741 bits per heavy atom. The molecule has 0 aliphatic heterocycles. The van der Waals surface area contributed by atoms with E-state index < -0.39 is 0 Å². The number of fused-ring (bicyclic) bond motifs is 1. The minimum Gasteiger partial charge on any atom is -0.508 e. The first-order valence-corrected chi connectivity index (χ1v) is 8.60. The summed E-state index contributed by atoms with van der Waals surface area (Å²) in [6.07, 6.45) is 0. The van der Waals surface area contributed by atoms with E-state index in [9.17, 15) is 5.11 Å². The van der Waals surface area contributed by atoms with Crippen molar-refractivity contribution in [2.75, 3.05) is 14.2 Å². The smallest absolute Gasteiger partial charge is 0.123 e. The maximum atomic E-state index is 9.62. The van der Waals surface area contributed by atoms with Crippen molar-refractivity contribution in [3.05, 3.63) is 72.8 Å². The largest absolute Gasteiger partial charge is 0.508 e. The van der Waals surface area contributed by atoms with E-state index in [1.54, 1.807) is 26.4 Å². The van der Waals surface area contributed by atoms with Gasteiger partial charge in [-0.15, -0.1) is 0 Å². The number of ether oxygens (including phenoxy) is 2. The summed E-state index contributed by atoms with van der Waals surface area (Å²) in [5, 5.41) is 11.8. The molecule has 0 amide bonds. The predicted octanol–water partition coefficient (Wildman–Crippen LogP) is 5.29. The third-order valence-electron chi connectivity index (χ3n) is 4.53. The van der Waals surface area contributed by atoms with Crippen LogP contribution in [0.5, 0.6) is 17.2 Å². The highest BCUT2D eigenvalue weighted by Crippen LogP contribution is 2.34. The second kappa shape index (κ2) is 7.00. The van der Waals surface area contributed by atoms with E-state index in [1.807, 2.05) is 42.5 Å². The Labute approximate surface area is 157 Å². The summed E-state index contributed by atoms with van der Waals surface area (Å²) in [6, 6.07) is 23.0. The van der Waals surface area contributed by atoms with Gasteiger partial charge in [-0.1, -0.05) is 24.3 Å². The highest BCUT2D eigenvalue weighted by Gasteiger charge is 2.12. The summed E-state index contributed by atoms with van der Waals surface area (Å²) < 4.78 is 10.8. The number of methoxy groups -OCH3 is 2. The molecule has 27 heavy (non-hydrogen) atoms. The first-order valence-electron chi connectivity index (χ1n) is 8.60. The first kappa shape index (κ1) is 16.9. The number of phenolic OH excluding ortho intramolecular Hbond substituents is 1. The normalized spacial score (nSPS) is 10.7. The van der Waals surface area contributed by atoms with Crippen LogP contribution in [0.4, 0.5) is 0 Å². The molecule has 0 unspecified atom stereocenters. The molecule has 0 radical (unpaired) electrons. The molecule has 134 valence electrons. The van der Waals surface area contributed by atoms with Crippen molar-refractivity contribution < 1.29 is 14.6 Å². The first-order chi connectivity index (χ1) is 13.2. The van der Waals surface area contributed by atoms with Gasteiger partial charge in [-0.05, 0) is 47.9 Å². The lowest BCUT2D eigenvalue weighted by atomic mass is 10.0. The third-order valence-corrected chi connectivity index (χ3v) is 4.53. The van der Waals surface area contributed by atoms with Gasteiger partial charge in [0.25, 0.3) is 0 Å². The third kappa shape index (κ3) is 3.29. The Morgan fingerprint density at radius 3 is 2.07 bits per heavy atom. The molecule has 0 saturated carbocycles. The average Bonchev–Trinajstić information content (AvgIpc) is 2.73. The van der Waals surface area contributed by atoms with E-state index >= 15 is 0 Å². The Kier molecular flexibility index (Phi) is 4.38. The summed E-state index contributed by atoms with van der Waals surface area (Å²) in [5.41, 5.74) is 3.55. The lowest BCUT2D eigenvalue weighted by Crippen LogP contribution is -1.93. The average molecular weight is 357 g/mol. The maximum Gasteiger partial charge on any atom is 0.123 e. The molecule has 1 heterocycles. The van der Waals surface area contributed by atoms with Gasteiger partial charge in [-0.25, -0.2) is 4.98 Å². The van der Waals surface area contributed by atoms with Crippen LogP contribution >= 0.6 is 0 Å². The van der Waals surface area contributed by atoms with Gasteiger partial charge < -0.3 is 14.6 Å². The molecule has 0 spiro atoms. The van der Waals surface area contributed by atoms with E-state index in [-0.39, 0.29) is 5.75 Å². The van der Waals surface area contributed by atoms with Gasteiger partial charge in [0.2, 0.25) is 0 Å². The molecule has 0 atom stereocenters. The fraction of sp³-hybridized carbons (Fsp3) is 0.0870. The summed E-state index contributed by atoms with van der Waals surface area (Å²) in [4.78, 5) is 4.93. The lowest BCUT2D eigenvalue weighted by molar-refractivity contribution is 0.394. The number of hydrogen-bond donors (Lipinski definition) is 1. The Morgan fingerprint density at radius 2 is 1.41 bits per heavy atom. The van der Waals surface area contributed by atoms with E-state index in [2.05, 4.69) is 18.2 Å². The van der Waals surface area contributed by atoms with E-state index in [0.29, 0.717) is 11.5 Å². The van der Waals surface area contributed by atoms with E-state index in [0.717, 1.165) is 33.3 Å². The molecule has 0 aliphatic carbocycles. The van der Waals surface area contributed by atoms with Crippen molar-refractivity contribution in [3.63, 3.8) is 0 Å². The van der Waals surface area contributed by atoms with Crippen molar-refractivity contribution in [3.8, 4) is 39.8 Å². The zero-order valence-corrected chi connectivity index (χ0v) is 15.1. The number of nitrogens with zero attached hydrogens (tertiary/aromatic N) is 1.